The summed E-state index contributed by atoms with van der Waals surface area (Å²) in [6.07, 6.45) is 1.54. The number of benzene rings is 2. The standard InChI is InChI=1S/C17H15ClO2/c1-20-15-6-7-16-12(10-15)9-13(17(16)19)8-11-2-4-14(18)5-3-11/h2-7,10,13H,8-9H2,1H3/t13-/m1/s1. The highest BCUT2D eigenvalue weighted by Crippen LogP contribution is 2.31. The second-order valence-electron chi connectivity index (χ2n) is 5.12. The molecule has 0 aromatic heterocycles. The van der Waals surface area contributed by atoms with Gasteiger partial charge in [-0.05, 0) is 54.3 Å². The summed E-state index contributed by atoms with van der Waals surface area (Å²) < 4.78 is 5.22. The van der Waals surface area contributed by atoms with Crippen molar-refractivity contribution in [2.24, 2.45) is 5.92 Å². The van der Waals surface area contributed by atoms with E-state index in [4.69, 9.17) is 16.3 Å². The molecule has 2 aromatic rings. The molecule has 20 heavy (non-hydrogen) atoms. The van der Waals surface area contributed by atoms with Crippen LogP contribution in [0, 0.1) is 5.92 Å². The second kappa shape index (κ2) is 5.29. The van der Waals surface area contributed by atoms with Gasteiger partial charge in [0.25, 0.3) is 0 Å². The van der Waals surface area contributed by atoms with Gasteiger partial charge in [-0.2, -0.15) is 0 Å². The number of halogens is 1. The first-order chi connectivity index (χ1) is 9.67. The molecule has 0 saturated carbocycles. The molecule has 0 radical (unpaired) electrons. The van der Waals surface area contributed by atoms with E-state index in [9.17, 15) is 4.79 Å². The van der Waals surface area contributed by atoms with Crippen molar-refractivity contribution in [2.45, 2.75) is 12.8 Å². The molecule has 1 aliphatic carbocycles. The van der Waals surface area contributed by atoms with E-state index in [-0.39, 0.29) is 11.7 Å². The van der Waals surface area contributed by atoms with Crippen LogP contribution in [0.15, 0.2) is 42.5 Å². The normalized spacial score (nSPS) is 17.1. The fraction of sp³-hybridized carbons (Fsp3) is 0.235. The van der Waals surface area contributed by atoms with Gasteiger partial charge in [-0.1, -0.05) is 23.7 Å². The quantitative estimate of drug-likeness (QED) is 0.854. The lowest BCUT2D eigenvalue weighted by Crippen LogP contribution is -2.12. The Bertz CT molecular complexity index is 647. The van der Waals surface area contributed by atoms with Crippen molar-refractivity contribution in [3.05, 3.63) is 64.2 Å². The average molecular weight is 287 g/mol. The number of hydrogen-bond acceptors (Lipinski definition) is 2. The molecule has 2 nitrogen and oxygen atoms in total. The molecule has 0 spiro atoms. The third-order valence-electron chi connectivity index (χ3n) is 3.81. The zero-order valence-electron chi connectivity index (χ0n) is 11.2. The maximum absolute atomic E-state index is 12.4. The first-order valence-electron chi connectivity index (χ1n) is 6.63. The highest BCUT2D eigenvalue weighted by atomic mass is 35.5. The van der Waals surface area contributed by atoms with E-state index in [1.165, 1.54) is 0 Å². The number of ether oxygens (including phenoxy) is 1. The van der Waals surface area contributed by atoms with Crippen LogP contribution >= 0.6 is 11.6 Å². The van der Waals surface area contributed by atoms with Gasteiger partial charge in [0.15, 0.2) is 5.78 Å². The smallest absolute Gasteiger partial charge is 0.166 e. The van der Waals surface area contributed by atoms with Crippen molar-refractivity contribution in [1.82, 2.24) is 0 Å². The lowest BCUT2D eigenvalue weighted by atomic mass is 9.96. The monoisotopic (exact) mass is 286 g/mol. The van der Waals surface area contributed by atoms with Gasteiger partial charge in [0.05, 0.1) is 7.11 Å². The average Bonchev–Trinajstić information content (AvgIpc) is 2.77. The molecular formula is C17H15ClO2. The first-order valence-corrected chi connectivity index (χ1v) is 7.01. The van der Waals surface area contributed by atoms with Gasteiger partial charge in [-0.25, -0.2) is 0 Å². The highest BCUT2D eigenvalue weighted by molar-refractivity contribution is 6.30. The number of fused-ring (bicyclic) bond motifs is 1. The van der Waals surface area contributed by atoms with Crippen LogP contribution in [0.1, 0.15) is 21.5 Å². The number of carbonyl (C=O) groups excluding carboxylic acids is 1. The molecule has 102 valence electrons. The van der Waals surface area contributed by atoms with Gasteiger partial charge in [0, 0.05) is 16.5 Å². The Morgan fingerprint density at radius 2 is 1.95 bits per heavy atom. The van der Waals surface area contributed by atoms with E-state index in [0.29, 0.717) is 0 Å². The SMILES string of the molecule is COc1ccc2c(c1)C[C@@H](Cc1ccc(Cl)cc1)C2=O. The molecule has 0 bridgehead atoms. The van der Waals surface area contributed by atoms with Gasteiger partial charge in [0.1, 0.15) is 5.75 Å². The summed E-state index contributed by atoms with van der Waals surface area (Å²) >= 11 is 5.88. The minimum Gasteiger partial charge on any atom is -0.497 e. The van der Waals surface area contributed by atoms with Crippen LogP contribution in [0.5, 0.6) is 5.75 Å². The minimum atomic E-state index is 0.0262. The number of ketones is 1. The van der Waals surface area contributed by atoms with E-state index in [1.54, 1.807) is 7.11 Å². The molecule has 0 heterocycles. The van der Waals surface area contributed by atoms with Crippen molar-refractivity contribution < 1.29 is 9.53 Å². The van der Waals surface area contributed by atoms with Crippen LogP contribution in [0.3, 0.4) is 0 Å². The molecule has 0 aliphatic heterocycles. The Labute approximate surface area is 123 Å². The Balaban J connectivity index is 1.81. The van der Waals surface area contributed by atoms with E-state index in [1.807, 2.05) is 42.5 Å². The molecule has 0 N–H and O–H groups in total. The molecule has 3 rings (SSSR count). The summed E-state index contributed by atoms with van der Waals surface area (Å²) in [6, 6.07) is 13.4. The van der Waals surface area contributed by atoms with Crippen molar-refractivity contribution >= 4 is 17.4 Å². The molecule has 0 unspecified atom stereocenters. The maximum Gasteiger partial charge on any atom is 0.166 e. The predicted molar refractivity (Wildman–Crippen MR) is 79.7 cm³/mol. The van der Waals surface area contributed by atoms with Crippen LogP contribution in [0.2, 0.25) is 5.02 Å². The van der Waals surface area contributed by atoms with Crippen molar-refractivity contribution in [1.29, 1.82) is 0 Å². The van der Waals surface area contributed by atoms with Gasteiger partial charge >= 0.3 is 0 Å². The molecule has 0 fully saturated rings. The number of methoxy groups -OCH3 is 1. The van der Waals surface area contributed by atoms with Gasteiger partial charge in [0.2, 0.25) is 0 Å². The molecule has 0 saturated heterocycles. The topological polar surface area (TPSA) is 26.3 Å². The van der Waals surface area contributed by atoms with Crippen molar-refractivity contribution in [3.8, 4) is 5.75 Å². The summed E-state index contributed by atoms with van der Waals surface area (Å²) in [5.41, 5.74) is 3.07. The maximum atomic E-state index is 12.4. The van der Waals surface area contributed by atoms with Crippen molar-refractivity contribution in [3.63, 3.8) is 0 Å². The van der Waals surface area contributed by atoms with E-state index >= 15 is 0 Å². The van der Waals surface area contributed by atoms with Gasteiger partial charge in [-0.3, -0.25) is 4.79 Å². The molecule has 2 aromatic carbocycles. The number of Topliss-reactive ketones (excluding diaryl/α,β-unsaturated/α-hetero) is 1. The Hall–Kier alpha value is -1.80. The van der Waals surface area contributed by atoms with Crippen LogP contribution in [-0.4, -0.2) is 12.9 Å². The number of rotatable bonds is 3. The van der Waals surface area contributed by atoms with Crippen LogP contribution in [0.4, 0.5) is 0 Å². The summed E-state index contributed by atoms with van der Waals surface area (Å²) in [7, 11) is 1.64. The molecule has 3 heteroatoms. The largest absolute Gasteiger partial charge is 0.497 e. The Morgan fingerprint density at radius 3 is 2.65 bits per heavy atom. The van der Waals surface area contributed by atoms with Gasteiger partial charge in [-0.15, -0.1) is 0 Å². The van der Waals surface area contributed by atoms with Gasteiger partial charge < -0.3 is 4.74 Å². The predicted octanol–water partition coefficient (Wildman–Crippen LogP) is 3.95. The van der Waals surface area contributed by atoms with E-state index in [2.05, 4.69) is 0 Å². The third kappa shape index (κ3) is 2.44. The molecular weight excluding hydrogens is 272 g/mol. The number of hydrogen-bond donors (Lipinski definition) is 0. The molecule has 1 atom stereocenters. The zero-order chi connectivity index (χ0) is 14.1. The molecule has 0 amide bonds. The third-order valence-corrected chi connectivity index (χ3v) is 4.06. The lowest BCUT2D eigenvalue weighted by molar-refractivity contribution is 0.0936. The number of carbonyl (C=O) groups is 1. The lowest BCUT2D eigenvalue weighted by Gasteiger charge is -2.07. The Kier molecular flexibility index (Phi) is 3.49. The molecule has 1 aliphatic rings. The Morgan fingerprint density at radius 1 is 1.20 bits per heavy atom. The summed E-state index contributed by atoms with van der Waals surface area (Å²) in [5.74, 6) is 1.07. The van der Waals surface area contributed by atoms with Crippen molar-refractivity contribution in [2.75, 3.05) is 7.11 Å². The van der Waals surface area contributed by atoms with Crippen LogP contribution < -0.4 is 4.74 Å². The second-order valence-corrected chi connectivity index (χ2v) is 5.56. The fourth-order valence-electron chi connectivity index (χ4n) is 2.75. The van der Waals surface area contributed by atoms with E-state index < -0.39 is 0 Å². The van der Waals surface area contributed by atoms with Crippen LogP contribution in [-0.2, 0) is 12.8 Å². The minimum absolute atomic E-state index is 0.0262. The first kappa shape index (κ1) is 13.2. The fourth-order valence-corrected chi connectivity index (χ4v) is 2.88. The van der Waals surface area contributed by atoms with E-state index in [0.717, 1.165) is 40.3 Å². The summed E-state index contributed by atoms with van der Waals surface area (Å²) in [4.78, 5) is 12.4. The highest BCUT2D eigenvalue weighted by Gasteiger charge is 2.30. The van der Waals surface area contributed by atoms with Crippen LogP contribution in [0.25, 0.3) is 0 Å². The summed E-state index contributed by atoms with van der Waals surface area (Å²) in [5, 5.41) is 0.722. The zero-order valence-corrected chi connectivity index (χ0v) is 12.0. The summed E-state index contributed by atoms with van der Waals surface area (Å²) in [6.45, 7) is 0.